The van der Waals surface area contributed by atoms with E-state index in [1.54, 1.807) is 30.3 Å². The van der Waals surface area contributed by atoms with Crippen LogP contribution in [0.25, 0.3) is 11.4 Å². The summed E-state index contributed by atoms with van der Waals surface area (Å²) in [5.41, 5.74) is -0.313. The third-order valence-electron chi connectivity index (χ3n) is 4.64. The van der Waals surface area contributed by atoms with Crippen LogP contribution in [0.3, 0.4) is 0 Å². The van der Waals surface area contributed by atoms with E-state index in [-0.39, 0.29) is 23.0 Å². The second-order valence-corrected chi connectivity index (χ2v) is 6.99. The normalized spacial score (nSPS) is 12.2. The number of carbonyl (C=O) groups is 2. The number of hydrogen-bond acceptors (Lipinski definition) is 7. The second kappa shape index (κ2) is 9.61. The van der Waals surface area contributed by atoms with Crippen molar-refractivity contribution in [2.24, 2.45) is 0 Å². The molecule has 2 heterocycles. The highest BCUT2D eigenvalue weighted by Crippen LogP contribution is 2.31. The summed E-state index contributed by atoms with van der Waals surface area (Å²) in [6, 6.07) is 14.6. The Labute approximate surface area is 190 Å². The van der Waals surface area contributed by atoms with Crippen molar-refractivity contribution in [2.75, 3.05) is 0 Å². The number of halogens is 3. The number of benzene rings is 2. The summed E-state index contributed by atoms with van der Waals surface area (Å²) in [7, 11) is 0. The first-order valence-corrected chi connectivity index (χ1v) is 9.87. The van der Waals surface area contributed by atoms with E-state index in [2.05, 4.69) is 15.5 Å². The first-order chi connectivity index (χ1) is 16.3. The zero-order valence-electron chi connectivity index (χ0n) is 17.3. The van der Waals surface area contributed by atoms with E-state index in [4.69, 9.17) is 13.7 Å². The highest BCUT2D eigenvalue weighted by Gasteiger charge is 2.31. The van der Waals surface area contributed by atoms with Crippen molar-refractivity contribution in [1.82, 2.24) is 15.5 Å². The minimum absolute atomic E-state index is 0.0105. The van der Waals surface area contributed by atoms with Crippen LogP contribution in [0.5, 0.6) is 0 Å². The molecule has 1 unspecified atom stereocenters. The van der Waals surface area contributed by atoms with Gasteiger partial charge in [0.15, 0.2) is 18.4 Å². The van der Waals surface area contributed by atoms with Crippen LogP contribution in [0.15, 0.2) is 81.9 Å². The van der Waals surface area contributed by atoms with Gasteiger partial charge in [-0.05, 0) is 29.8 Å². The third-order valence-corrected chi connectivity index (χ3v) is 4.64. The lowest BCUT2D eigenvalue weighted by atomic mass is 10.1. The minimum Gasteiger partial charge on any atom is -0.459 e. The largest absolute Gasteiger partial charge is 0.459 e. The fraction of sp³-hybridized carbons (Fsp3) is 0.130. The number of rotatable bonds is 7. The molecule has 0 bridgehead atoms. The van der Waals surface area contributed by atoms with Crippen LogP contribution in [-0.4, -0.2) is 22.0 Å². The first-order valence-electron chi connectivity index (χ1n) is 9.87. The molecule has 0 aliphatic rings. The van der Waals surface area contributed by atoms with Crippen LogP contribution in [0, 0.1) is 0 Å². The van der Waals surface area contributed by atoms with E-state index < -0.39 is 36.3 Å². The summed E-state index contributed by atoms with van der Waals surface area (Å²) in [6.07, 6.45) is -3.20. The molecule has 4 aromatic rings. The number of nitrogens with one attached hydrogen (secondary N) is 1. The Hall–Kier alpha value is -4.41. The molecule has 2 aromatic carbocycles. The number of furan rings is 1. The molecule has 0 saturated carbocycles. The van der Waals surface area contributed by atoms with Crippen molar-refractivity contribution in [1.29, 1.82) is 0 Å². The molecular formula is C23H16F3N3O5. The van der Waals surface area contributed by atoms with Gasteiger partial charge < -0.3 is 19.0 Å². The zero-order chi connectivity index (χ0) is 24.1. The molecule has 1 atom stereocenters. The minimum atomic E-state index is -4.52. The van der Waals surface area contributed by atoms with Gasteiger partial charge in [-0.1, -0.05) is 47.6 Å². The maximum Gasteiger partial charge on any atom is 0.416 e. The summed E-state index contributed by atoms with van der Waals surface area (Å²) in [5, 5.41) is 6.19. The van der Waals surface area contributed by atoms with Crippen LogP contribution in [0.1, 0.15) is 33.6 Å². The van der Waals surface area contributed by atoms with E-state index in [1.165, 1.54) is 30.5 Å². The monoisotopic (exact) mass is 471 g/mol. The second-order valence-electron chi connectivity index (χ2n) is 6.99. The Bertz CT molecular complexity index is 1270. The topological polar surface area (TPSA) is 107 Å². The molecule has 1 N–H and O–H groups in total. The average Bonchev–Trinajstić information content (AvgIpc) is 3.54. The molecule has 11 heteroatoms. The Kier molecular flexibility index (Phi) is 6.44. The molecule has 1 amide bonds. The highest BCUT2D eigenvalue weighted by atomic mass is 19.4. The standard InChI is InChI=1S/C23H16F3N3O5/c24-23(25,26)16-9-4-8-15(12-16)20-27-18(34-29-20)13-33-22(31)19(14-6-2-1-3-7-14)28-21(30)17-10-5-11-32-17/h1-12,19H,13H2,(H,28,30). The number of hydrogen-bond donors (Lipinski definition) is 1. The summed E-state index contributed by atoms with van der Waals surface area (Å²) in [4.78, 5) is 29.1. The van der Waals surface area contributed by atoms with Crippen molar-refractivity contribution in [3.63, 3.8) is 0 Å². The van der Waals surface area contributed by atoms with Gasteiger partial charge in [-0.25, -0.2) is 4.79 Å². The van der Waals surface area contributed by atoms with Crippen molar-refractivity contribution in [2.45, 2.75) is 18.8 Å². The van der Waals surface area contributed by atoms with E-state index in [0.29, 0.717) is 5.56 Å². The van der Waals surface area contributed by atoms with Crippen LogP contribution in [0.4, 0.5) is 13.2 Å². The smallest absolute Gasteiger partial charge is 0.416 e. The van der Waals surface area contributed by atoms with Gasteiger partial charge in [0.25, 0.3) is 11.8 Å². The lowest BCUT2D eigenvalue weighted by molar-refractivity contribution is -0.148. The van der Waals surface area contributed by atoms with E-state index in [1.807, 2.05) is 0 Å². The Balaban J connectivity index is 1.46. The highest BCUT2D eigenvalue weighted by molar-refractivity contribution is 5.94. The van der Waals surface area contributed by atoms with Gasteiger partial charge in [0.2, 0.25) is 5.82 Å². The van der Waals surface area contributed by atoms with E-state index >= 15 is 0 Å². The number of nitrogens with zero attached hydrogens (tertiary/aromatic N) is 2. The van der Waals surface area contributed by atoms with Crippen molar-refractivity contribution >= 4 is 11.9 Å². The SMILES string of the molecule is O=C(NC(C(=O)OCc1nc(-c2cccc(C(F)(F)F)c2)no1)c1ccccc1)c1ccco1. The molecule has 0 saturated heterocycles. The third kappa shape index (κ3) is 5.31. The van der Waals surface area contributed by atoms with Crippen LogP contribution in [-0.2, 0) is 22.3 Å². The van der Waals surface area contributed by atoms with Gasteiger partial charge in [0, 0.05) is 5.56 Å². The molecular weight excluding hydrogens is 455 g/mol. The fourth-order valence-electron chi connectivity index (χ4n) is 3.02. The van der Waals surface area contributed by atoms with Gasteiger partial charge >= 0.3 is 12.1 Å². The van der Waals surface area contributed by atoms with Gasteiger partial charge in [0.05, 0.1) is 11.8 Å². The fourth-order valence-corrected chi connectivity index (χ4v) is 3.02. The number of ether oxygens (including phenoxy) is 1. The number of amides is 1. The molecule has 0 aliphatic heterocycles. The summed E-state index contributed by atoms with van der Waals surface area (Å²) in [5.74, 6) is -1.66. The van der Waals surface area contributed by atoms with Crippen molar-refractivity contribution in [3.05, 3.63) is 95.8 Å². The quantitative estimate of drug-likeness (QED) is 0.394. The molecule has 174 valence electrons. The van der Waals surface area contributed by atoms with E-state index in [9.17, 15) is 22.8 Å². The molecule has 0 fully saturated rings. The van der Waals surface area contributed by atoms with Gasteiger partial charge in [-0.2, -0.15) is 18.2 Å². The van der Waals surface area contributed by atoms with E-state index in [0.717, 1.165) is 12.1 Å². The molecule has 0 aliphatic carbocycles. The predicted octanol–water partition coefficient (Wildman–Crippen LogP) is 4.56. The van der Waals surface area contributed by atoms with Crippen LogP contribution < -0.4 is 5.32 Å². The molecule has 0 radical (unpaired) electrons. The van der Waals surface area contributed by atoms with Crippen LogP contribution in [0.2, 0.25) is 0 Å². The van der Waals surface area contributed by atoms with Crippen LogP contribution >= 0.6 is 0 Å². The summed E-state index contributed by atoms with van der Waals surface area (Å²) in [6.45, 7) is -0.454. The number of alkyl halides is 3. The van der Waals surface area contributed by atoms with Gasteiger partial charge in [0.1, 0.15) is 0 Å². The Morgan fingerprint density at radius 3 is 2.53 bits per heavy atom. The lowest BCUT2D eigenvalue weighted by Crippen LogP contribution is -2.34. The molecule has 34 heavy (non-hydrogen) atoms. The zero-order valence-corrected chi connectivity index (χ0v) is 17.3. The predicted molar refractivity (Wildman–Crippen MR) is 110 cm³/mol. The summed E-state index contributed by atoms with van der Waals surface area (Å²) < 4.78 is 54.1. The number of carbonyl (C=O) groups excluding carboxylic acids is 2. The summed E-state index contributed by atoms with van der Waals surface area (Å²) >= 11 is 0. The number of aromatic nitrogens is 2. The molecule has 0 spiro atoms. The maximum absolute atomic E-state index is 12.9. The maximum atomic E-state index is 12.9. The molecule has 2 aromatic heterocycles. The number of esters is 1. The molecule has 8 nitrogen and oxygen atoms in total. The Morgan fingerprint density at radius 1 is 1.03 bits per heavy atom. The molecule has 4 rings (SSSR count). The lowest BCUT2D eigenvalue weighted by Gasteiger charge is -2.17. The average molecular weight is 471 g/mol. The van der Waals surface area contributed by atoms with Crippen molar-refractivity contribution in [3.8, 4) is 11.4 Å². The first kappa shape index (κ1) is 22.8. The van der Waals surface area contributed by atoms with Gasteiger partial charge in [-0.3, -0.25) is 4.79 Å². The Morgan fingerprint density at radius 2 is 1.82 bits per heavy atom. The van der Waals surface area contributed by atoms with Gasteiger partial charge in [-0.15, -0.1) is 0 Å². The van der Waals surface area contributed by atoms with Crippen molar-refractivity contribution < 1.29 is 36.4 Å².